The number of halogens is 2. The molecule has 0 aliphatic heterocycles. The summed E-state index contributed by atoms with van der Waals surface area (Å²) in [6, 6.07) is 8.22. The fourth-order valence-electron chi connectivity index (χ4n) is 1.68. The summed E-state index contributed by atoms with van der Waals surface area (Å²) in [5.41, 5.74) is 0.748. The molecule has 1 heterocycles. The highest BCUT2D eigenvalue weighted by atomic mass is 19.2. The Hall–Kier alpha value is -2.83. The van der Waals surface area contributed by atoms with E-state index in [0.29, 0.717) is 5.69 Å². The molecule has 2 amide bonds. The van der Waals surface area contributed by atoms with Crippen LogP contribution in [0.5, 0.6) is 0 Å². The van der Waals surface area contributed by atoms with Gasteiger partial charge in [0.25, 0.3) is 0 Å². The first-order valence-electron chi connectivity index (χ1n) is 6.46. The van der Waals surface area contributed by atoms with Gasteiger partial charge in [-0.25, -0.2) is 8.78 Å². The van der Waals surface area contributed by atoms with Gasteiger partial charge < -0.3 is 10.6 Å². The molecule has 22 heavy (non-hydrogen) atoms. The van der Waals surface area contributed by atoms with Crippen molar-refractivity contribution in [2.24, 2.45) is 0 Å². The molecule has 0 saturated carbocycles. The molecule has 0 aliphatic carbocycles. The van der Waals surface area contributed by atoms with Gasteiger partial charge >= 0.3 is 0 Å². The van der Waals surface area contributed by atoms with Crippen molar-refractivity contribution in [3.05, 3.63) is 59.9 Å². The van der Waals surface area contributed by atoms with E-state index in [1.54, 1.807) is 24.4 Å². The van der Waals surface area contributed by atoms with Crippen LogP contribution in [0, 0.1) is 11.6 Å². The van der Waals surface area contributed by atoms with Crippen molar-refractivity contribution in [1.29, 1.82) is 0 Å². The second kappa shape index (κ2) is 7.26. The average molecular weight is 305 g/mol. The van der Waals surface area contributed by atoms with Crippen LogP contribution in [0.2, 0.25) is 0 Å². The smallest absolute Gasteiger partial charge is 0.233 e. The molecule has 1 aromatic heterocycles. The molecule has 1 aromatic carbocycles. The number of hydrogen-bond donors (Lipinski definition) is 2. The van der Waals surface area contributed by atoms with Crippen LogP contribution in [0.25, 0.3) is 0 Å². The molecule has 0 aliphatic rings. The van der Waals surface area contributed by atoms with Crippen molar-refractivity contribution in [2.45, 2.75) is 13.0 Å². The van der Waals surface area contributed by atoms with Gasteiger partial charge in [-0.15, -0.1) is 0 Å². The lowest BCUT2D eigenvalue weighted by molar-refractivity contribution is -0.126. The van der Waals surface area contributed by atoms with Crippen molar-refractivity contribution in [2.75, 3.05) is 5.32 Å². The first-order chi connectivity index (χ1) is 10.5. The second-order valence-corrected chi connectivity index (χ2v) is 4.45. The topological polar surface area (TPSA) is 71.1 Å². The van der Waals surface area contributed by atoms with E-state index >= 15 is 0 Å². The zero-order valence-electron chi connectivity index (χ0n) is 11.5. The fraction of sp³-hybridized carbons (Fsp3) is 0.133. The third-order valence-corrected chi connectivity index (χ3v) is 2.72. The molecule has 2 N–H and O–H groups in total. The third kappa shape index (κ3) is 4.62. The first kappa shape index (κ1) is 15.6. The number of pyridine rings is 1. The number of amides is 2. The summed E-state index contributed by atoms with van der Waals surface area (Å²) in [6.07, 6.45) is 1.17. The van der Waals surface area contributed by atoms with E-state index in [9.17, 15) is 18.4 Å². The maximum Gasteiger partial charge on any atom is 0.233 e. The predicted molar refractivity (Wildman–Crippen MR) is 75.7 cm³/mol. The number of carbonyl (C=O) groups is 2. The van der Waals surface area contributed by atoms with Crippen LogP contribution >= 0.6 is 0 Å². The molecule has 0 atom stereocenters. The maximum atomic E-state index is 13.0. The summed E-state index contributed by atoms with van der Waals surface area (Å²) in [5, 5.41) is 4.86. The molecule has 114 valence electrons. The van der Waals surface area contributed by atoms with Crippen LogP contribution in [-0.4, -0.2) is 16.8 Å². The van der Waals surface area contributed by atoms with Crippen molar-refractivity contribution >= 4 is 17.5 Å². The Kier molecular flexibility index (Phi) is 5.13. The van der Waals surface area contributed by atoms with Gasteiger partial charge in [0, 0.05) is 18.0 Å². The SMILES string of the molecule is O=C(CC(=O)Nc1ccc(F)c(F)c1)NCc1ccccn1. The Balaban J connectivity index is 1.81. The molecule has 0 saturated heterocycles. The Labute approximate surface area is 125 Å². The van der Waals surface area contributed by atoms with E-state index in [1.807, 2.05) is 0 Å². The van der Waals surface area contributed by atoms with E-state index in [4.69, 9.17) is 0 Å². The molecule has 0 radical (unpaired) electrons. The normalized spacial score (nSPS) is 10.1. The molecule has 7 heteroatoms. The van der Waals surface area contributed by atoms with Gasteiger partial charge in [0.1, 0.15) is 6.42 Å². The van der Waals surface area contributed by atoms with Gasteiger partial charge in [-0.3, -0.25) is 14.6 Å². The largest absolute Gasteiger partial charge is 0.350 e. The summed E-state index contributed by atoms with van der Waals surface area (Å²) in [4.78, 5) is 27.3. The van der Waals surface area contributed by atoms with E-state index < -0.39 is 29.9 Å². The molecule has 0 bridgehead atoms. The Bertz CT molecular complexity index is 678. The number of benzene rings is 1. The molecule has 5 nitrogen and oxygen atoms in total. The van der Waals surface area contributed by atoms with Crippen molar-refractivity contribution < 1.29 is 18.4 Å². The monoisotopic (exact) mass is 305 g/mol. The molecule has 0 spiro atoms. The van der Waals surface area contributed by atoms with Crippen molar-refractivity contribution in [3.8, 4) is 0 Å². The minimum Gasteiger partial charge on any atom is -0.350 e. The number of aromatic nitrogens is 1. The third-order valence-electron chi connectivity index (χ3n) is 2.72. The molecule has 0 fully saturated rings. The predicted octanol–water partition coefficient (Wildman–Crippen LogP) is 2.00. The van der Waals surface area contributed by atoms with Crippen LogP contribution in [0.1, 0.15) is 12.1 Å². The average Bonchev–Trinajstić information content (AvgIpc) is 2.50. The van der Waals surface area contributed by atoms with Crippen LogP contribution in [0.15, 0.2) is 42.6 Å². The molecule has 2 aromatic rings. The minimum absolute atomic E-state index is 0.0847. The summed E-state index contributed by atoms with van der Waals surface area (Å²) in [6.45, 7) is 0.206. The Morgan fingerprint density at radius 3 is 2.55 bits per heavy atom. The quantitative estimate of drug-likeness (QED) is 0.830. The number of hydrogen-bond acceptors (Lipinski definition) is 3. The van der Waals surface area contributed by atoms with Crippen molar-refractivity contribution in [3.63, 3.8) is 0 Å². The van der Waals surface area contributed by atoms with Gasteiger partial charge in [0.05, 0.1) is 12.2 Å². The van der Waals surface area contributed by atoms with Crippen molar-refractivity contribution in [1.82, 2.24) is 10.3 Å². The summed E-state index contributed by atoms with van der Waals surface area (Å²) in [5.74, 6) is -3.20. The summed E-state index contributed by atoms with van der Waals surface area (Å²) < 4.78 is 25.7. The summed E-state index contributed by atoms with van der Waals surface area (Å²) >= 11 is 0. The van der Waals surface area contributed by atoms with Crippen LogP contribution < -0.4 is 10.6 Å². The van der Waals surface area contributed by atoms with E-state index in [-0.39, 0.29) is 12.2 Å². The van der Waals surface area contributed by atoms with Crippen LogP contribution in [0.3, 0.4) is 0 Å². The van der Waals surface area contributed by atoms with Crippen LogP contribution in [-0.2, 0) is 16.1 Å². The molecular formula is C15H13F2N3O2. The summed E-state index contributed by atoms with van der Waals surface area (Å²) in [7, 11) is 0. The number of anilines is 1. The molecule has 0 unspecified atom stereocenters. The van der Waals surface area contributed by atoms with E-state index in [2.05, 4.69) is 15.6 Å². The zero-order chi connectivity index (χ0) is 15.9. The number of nitrogens with zero attached hydrogens (tertiary/aromatic N) is 1. The van der Waals surface area contributed by atoms with Gasteiger partial charge in [-0.05, 0) is 24.3 Å². The first-order valence-corrected chi connectivity index (χ1v) is 6.46. The number of rotatable bonds is 5. The minimum atomic E-state index is -1.07. The van der Waals surface area contributed by atoms with Crippen LogP contribution in [0.4, 0.5) is 14.5 Å². The van der Waals surface area contributed by atoms with Gasteiger partial charge in [-0.1, -0.05) is 6.07 Å². The van der Waals surface area contributed by atoms with Gasteiger partial charge in [-0.2, -0.15) is 0 Å². The lowest BCUT2D eigenvalue weighted by Crippen LogP contribution is -2.28. The standard InChI is InChI=1S/C15H13F2N3O2/c16-12-5-4-10(7-13(12)17)20-15(22)8-14(21)19-9-11-3-1-2-6-18-11/h1-7H,8-9H2,(H,19,21)(H,20,22). The lowest BCUT2D eigenvalue weighted by atomic mass is 10.2. The zero-order valence-corrected chi connectivity index (χ0v) is 11.5. The maximum absolute atomic E-state index is 13.0. The second-order valence-electron chi connectivity index (χ2n) is 4.45. The molecular weight excluding hydrogens is 292 g/mol. The lowest BCUT2D eigenvalue weighted by Gasteiger charge is -2.06. The highest BCUT2D eigenvalue weighted by molar-refractivity contribution is 6.03. The van der Waals surface area contributed by atoms with Gasteiger partial charge in [0.15, 0.2) is 11.6 Å². The molecule has 2 rings (SSSR count). The van der Waals surface area contributed by atoms with E-state index in [1.165, 1.54) is 6.07 Å². The Morgan fingerprint density at radius 1 is 1.05 bits per heavy atom. The van der Waals surface area contributed by atoms with Gasteiger partial charge in [0.2, 0.25) is 11.8 Å². The highest BCUT2D eigenvalue weighted by Gasteiger charge is 2.11. The number of carbonyl (C=O) groups excluding carboxylic acids is 2. The fourth-order valence-corrected chi connectivity index (χ4v) is 1.68. The highest BCUT2D eigenvalue weighted by Crippen LogP contribution is 2.13. The Morgan fingerprint density at radius 2 is 1.86 bits per heavy atom. The number of nitrogens with one attached hydrogen (secondary N) is 2. The van der Waals surface area contributed by atoms with E-state index in [0.717, 1.165) is 12.1 Å².